The Morgan fingerprint density at radius 3 is 2.74 bits per heavy atom. The van der Waals surface area contributed by atoms with Gasteiger partial charge in [-0.05, 0) is 31.9 Å². The van der Waals surface area contributed by atoms with Crippen LogP contribution in [0.15, 0.2) is 18.2 Å². The zero-order chi connectivity index (χ0) is 13.8. The van der Waals surface area contributed by atoms with Crippen LogP contribution in [0.5, 0.6) is 0 Å². The smallest absolute Gasteiger partial charge is 0.309 e. The fourth-order valence-corrected chi connectivity index (χ4v) is 2.46. The van der Waals surface area contributed by atoms with E-state index in [2.05, 4.69) is 0 Å². The third-order valence-corrected chi connectivity index (χ3v) is 3.45. The summed E-state index contributed by atoms with van der Waals surface area (Å²) < 4.78 is 18.8. The van der Waals surface area contributed by atoms with Crippen molar-refractivity contribution in [3.05, 3.63) is 24.0 Å². The SMILES string of the molecule is CCOC(=O)C1CCN(c2c(N)cccc2F)CC1. The van der Waals surface area contributed by atoms with Crippen LogP contribution in [0.4, 0.5) is 15.8 Å². The van der Waals surface area contributed by atoms with Gasteiger partial charge in [-0.3, -0.25) is 4.79 Å². The van der Waals surface area contributed by atoms with Crippen LogP contribution in [0.1, 0.15) is 19.8 Å². The van der Waals surface area contributed by atoms with Gasteiger partial charge >= 0.3 is 5.97 Å². The van der Waals surface area contributed by atoms with Gasteiger partial charge in [0.25, 0.3) is 0 Å². The van der Waals surface area contributed by atoms with Gasteiger partial charge in [0, 0.05) is 13.1 Å². The molecule has 0 aliphatic carbocycles. The van der Waals surface area contributed by atoms with E-state index in [1.165, 1.54) is 6.07 Å². The van der Waals surface area contributed by atoms with E-state index in [0.29, 0.717) is 43.9 Å². The lowest BCUT2D eigenvalue weighted by Crippen LogP contribution is -2.37. The van der Waals surface area contributed by atoms with Crippen LogP contribution < -0.4 is 10.6 Å². The van der Waals surface area contributed by atoms with Crippen LogP contribution in [0.3, 0.4) is 0 Å². The van der Waals surface area contributed by atoms with Crippen LogP contribution in [0, 0.1) is 11.7 Å². The molecule has 2 N–H and O–H groups in total. The van der Waals surface area contributed by atoms with E-state index in [1.54, 1.807) is 19.1 Å². The zero-order valence-electron chi connectivity index (χ0n) is 11.1. The number of nitrogens with two attached hydrogens (primary N) is 1. The van der Waals surface area contributed by atoms with Crippen molar-refractivity contribution in [2.24, 2.45) is 5.92 Å². The Morgan fingerprint density at radius 1 is 1.47 bits per heavy atom. The number of benzene rings is 1. The Morgan fingerprint density at radius 2 is 2.16 bits per heavy atom. The van der Waals surface area contributed by atoms with E-state index in [4.69, 9.17) is 10.5 Å². The maximum Gasteiger partial charge on any atom is 0.309 e. The van der Waals surface area contributed by atoms with Gasteiger partial charge in [-0.1, -0.05) is 6.07 Å². The zero-order valence-corrected chi connectivity index (χ0v) is 11.1. The topological polar surface area (TPSA) is 55.6 Å². The lowest BCUT2D eigenvalue weighted by atomic mass is 9.96. The van der Waals surface area contributed by atoms with Crippen LogP contribution in [0.25, 0.3) is 0 Å². The first-order valence-electron chi connectivity index (χ1n) is 6.59. The highest BCUT2D eigenvalue weighted by atomic mass is 19.1. The van der Waals surface area contributed by atoms with Gasteiger partial charge in [0.1, 0.15) is 5.82 Å². The monoisotopic (exact) mass is 266 g/mol. The number of anilines is 2. The third kappa shape index (κ3) is 2.97. The first kappa shape index (κ1) is 13.6. The molecule has 1 aromatic carbocycles. The molecule has 0 atom stereocenters. The molecular weight excluding hydrogens is 247 g/mol. The van der Waals surface area contributed by atoms with E-state index >= 15 is 0 Å². The second-order valence-electron chi connectivity index (χ2n) is 4.69. The minimum atomic E-state index is -0.311. The number of carbonyl (C=O) groups excluding carboxylic acids is 1. The van der Waals surface area contributed by atoms with Crippen molar-refractivity contribution in [3.63, 3.8) is 0 Å². The molecule has 19 heavy (non-hydrogen) atoms. The molecule has 0 aromatic heterocycles. The predicted octanol–water partition coefficient (Wildman–Crippen LogP) is 2.19. The average Bonchev–Trinajstić information content (AvgIpc) is 2.39. The van der Waals surface area contributed by atoms with E-state index in [9.17, 15) is 9.18 Å². The second-order valence-corrected chi connectivity index (χ2v) is 4.69. The molecule has 0 unspecified atom stereocenters. The van der Waals surface area contributed by atoms with Gasteiger partial charge < -0.3 is 15.4 Å². The fraction of sp³-hybridized carbons (Fsp3) is 0.500. The van der Waals surface area contributed by atoms with Gasteiger partial charge in [-0.15, -0.1) is 0 Å². The van der Waals surface area contributed by atoms with Gasteiger partial charge in [0.15, 0.2) is 0 Å². The summed E-state index contributed by atoms with van der Waals surface area (Å²) >= 11 is 0. The number of halogens is 1. The van der Waals surface area contributed by atoms with Crippen molar-refractivity contribution in [2.45, 2.75) is 19.8 Å². The maximum atomic E-state index is 13.8. The van der Waals surface area contributed by atoms with Crippen molar-refractivity contribution in [2.75, 3.05) is 30.3 Å². The minimum absolute atomic E-state index is 0.0794. The number of piperidine rings is 1. The van der Waals surface area contributed by atoms with Crippen LogP contribution in [-0.2, 0) is 9.53 Å². The largest absolute Gasteiger partial charge is 0.466 e. The first-order valence-corrected chi connectivity index (χ1v) is 6.59. The number of ether oxygens (including phenoxy) is 1. The van der Waals surface area contributed by atoms with Gasteiger partial charge in [0.2, 0.25) is 0 Å². The summed E-state index contributed by atoms with van der Waals surface area (Å²) in [5, 5.41) is 0. The molecule has 5 heteroatoms. The van der Waals surface area contributed by atoms with Gasteiger partial charge in [-0.2, -0.15) is 0 Å². The Kier molecular flexibility index (Phi) is 4.24. The van der Waals surface area contributed by atoms with E-state index in [1.807, 2.05) is 4.90 Å². The summed E-state index contributed by atoms with van der Waals surface area (Å²) in [6.45, 7) is 3.44. The molecule has 1 saturated heterocycles. The van der Waals surface area contributed by atoms with Gasteiger partial charge in [0.05, 0.1) is 23.9 Å². The number of nitrogen functional groups attached to an aromatic ring is 1. The van der Waals surface area contributed by atoms with Crippen molar-refractivity contribution >= 4 is 17.3 Å². The molecule has 0 radical (unpaired) electrons. The van der Waals surface area contributed by atoms with Crippen LogP contribution in [-0.4, -0.2) is 25.7 Å². The lowest BCUT2D eigenvalue weighted by molar-refractivity contribution is -0.148. The summed E-state index contributed by atoms with van der Waals surface area (Å²) in [6.07, 6.45) is 1.35. The summed E-state index contributed by atoms with van der Waals surface area (Å²) in [6, 6.07) is 4.69. The molecule has 0 bridgehead atoms. The summed E-state index contributed by atoms with van der Waals surface area (Å²) in [4.78, 5) is 13.5. The highest BCUT2D eigenvalue weighted by Gasteiger charge is 2.27. The first-order chi connectivity index (χ1) is 9.13. The molecular formula is C14H19FN2O2. The minimum Gasteiger partial charge on any atom is -0.466 e. The number of hydrogen-bond donors (Lipinski definition) is 1. The van der Waals surface area contributed by atoms with E-state index in [0.717, 1.165) is 0 Å². The molecule has 0 spiro atoms. The van der Waals surface area contributed by atoms with Crippen molar-refractivity contribution in [3.8, 4) is 0 Å². The number of rotatable bonds is 3. The third-order valence-electron chi connectivity index (χ3n) is 3.45. The van der Waals surface area contributed by atoms with Crippen molar-refractivity contribution < 1.29 is 13.9 Å². The Balaban J connectivity index is 2.02. The summed E-state index contributed by atoms with van der Waals surface area (Å²) in [5.74, 6) is -0.539. The molecule has 0 saturated carbocycles. The lowest BCUT2D eigenvalue weighted by Gasteiger charge is -2.33. The van der Waals surface area contributed by atoms with Crippen LogP contribution >= 0.6 is 0 Å². The maximum absolute atomic E-state index is 13.8. The average molecular weight is 266 g/mol. The molecule has 104 valence electrons. The Labute approximate surface area is 112 Å². The predicted molar refractivity (Wildman–Crippen MR) is 72.4 cm³/mol. The molecule has 1 aliphatic heterocycles. The highest BCUT2D eigenvalue weighted by Crippen LogP contribution is 2.30. The van der Waals surface area contributed by atoms with E-state index in [-0.39, 0.29) is 17.7 Å². The highest BCUT2D eigenvalue weighted by molar-refractivity contribution is 5.73. The van der Waals surface area contributed by atoms with E-state index < -0.39 is 0 Å². The molecule has 1 aliphatic rings. The normalized spacial score (nSPS) is 16.4. The molecule has 1 heterocycles. The number of hydrogen-bond acceptors (Lipinski definition) is 4. The van der Waals surface area contributed by atoms with Crippen LogP contribution in [0.2, 0.25) is 0 Å². The quantitative estimate of drug-likeness (QED) is 0.673. The van der Waals surface area contributed by atoms with Gasteiger partial charge in [-0.25, -0.2) is 4.39 Å². The van der Waals surface area contributed by atoms with Crippen molar-refractivity contribution in [1.82, 2.24) is 0 Å². The number of para-hydroxylation sites is 1. The number of nitrogens with zero attached hydrogens (tertiary/aromatic N) is 1. The molecule has 4 nitrogen and oxygen atoms in total. The van der Waals surface area contributed by atoms with Crippen molar-refractivity contribution in [1.29, 1.82) is 0 Å². The second kappa shape index (κ2) is 5.91. The molecule has 1 aromatic rings. The summed E-state index contributed by atoms with van der Waals surface area (Å²) in [5.41, 5.74) is 6.71. The number of esters is 1. The summed E-state index contributed by atoms with van der Waals surface area (Å²) in [7, 11) is 0. The molecule has 1 fully saturated rings. The Bertz CT molecular complexity index is 437. The Hall–Kier alpha value is -1.78. The fourth-order valence-electron chi connectivity index (χ4n) is 2.46. The molecule has 0 amide bonds. The standard InChI is InChI=1S/C14H19FN2O2/c1-2-19-14(18)10-6-8-17(9-7-10)13-11(15)4-3-5-12(13)16/h3-5,10H,2,6-9,16H2,1H3. The molecule has 2 rings (SSSR count). The number of carbonyl (C=O) groups is 1.